The lowest BCUT2D eigenvalue weighted by Gasteiger charge is -2.03. The fourth-order valence-electron chi connectivity index (χ4n) is 2.02. The highest BCUT2D eigenvalue weighted by molar-refractivity contribution is 7.16. The van der Waals surface area contributed by atoms with Crippen molar-refractivity contribution in [3.63, 3.8) is 0 Å². The highest BCUT2D eigenvalue weighted by Crippen LogP contribution is 2.26. The number of hydrogen-bond acceptors (Lipinski definition) is 3. The Labute approximate surface area is 108 Å². The number of aromatic nitrogens is 1. The Kier molecular flexibility index (Phi) is 2.45. The van der Waals surface area contributed by atoms with Crippen molar-refractivity contribution in [1.29, 1.82) is 0 Å². The van der Waals surface area contributed by atoms with Gasteiger partial charge in [-0.05, 0) is 35.4 Å². The third-order valence-corrected chi connectivity index (χ3v) is 4.02. The zero-order chi connectivity index (χ0) is 12.7. The van der Waals surface area contributed by atoms with Crippen LogP contribution in [0.25, 0.3) is 21.3 Å². The van der Waals surface area contributed by atoms with Gasteiger partial charge in [0.15, 0.2) is 0 Å². The molecule has 0 aliphatic heterocycles. The zero-order valence-corrected chi connectivity index (χ0v) is 10.7. The van der Waals surface area contributed by atoms with Crippen LogP contribution in [0.4, 0.5) is 5.69 Å². The number of nitrogens with zero attached hydrogens (tertiary/aromatic N) is 1. The SMILES string of the molecule is Cn1c(=O)sc2ccc(-c3cccc(N)c3)cc21. The van der Waals surface area contributed by atoms with Gasteiger partial charge in [-0.2, -0.15) is 0 Å². The van der Waals surface area contributed by atoms with Crippen LogP contribution in [0.5, 0.6) is 0 Å². The molecule has 2 N–H and O–H groups in total. The van der Waals surface area contributed by atoms with Crippen LogP contribution in [0, 0.1) is 0 Å². The number of thiazole rings is 1. The van der Waals surface area contributed by atoms with Gasteiger partial charge in [0.1, 0.15) is 0 Å². The van der Waals surface area contributed by atoms with Gasteiger partial charge < -0.3 is 10.3 Å². The number of benzene rings is 2. The van der Waals surface area contributed by atoms with Crippen LogP contribution < -0.4 is 10.6 Å². The molecule has 0 fully saturated rings. The second-order valence-electron chi connectivity index (χ2n) is 4.23. The lowest BCUT2D eigenvalue weighted by atomic mass is 10.0. The van der Waals surface area contributed by atoms with Crippen LogP contribution in [0.2, 0.25) is 0 Å². The summed E-state index contributed by atoms with van der Waals surface area (Å²) in [6.07, 6.45) is 0. The Morgan fingerprint density at radius 2 is 1.89 bits per heavy atom. The number of nitrogen functional groups attached to an aromatic ring is 1. The molecule has 0 aliphatic carbocycles. The quantitative estimate of drug-likeness (QED) is 0.681. The Morgan fingerprint density at radius 3 is 2.67 bits per heavy atom. The molecular formula is C14H12N2OS. The Morgan fingerprint density at radius 1 is 1.11 bits per heavy atom. The molecule has 3 rings (SSSR count). The van der Waals surface area contributed by atoms with E-state index >= 15 is 0 Å². The molecule has 0 aliphatic rings. The van der Waals surface area contributed by atoms with Gasteiger partial charge in [-0.15, -0.1) is 0 Å². The maximum absolute atomic E-state index is 11.6. The normalized spacial score (nSPS) is 10.9. The summed E-state index contributed by atoms with van der Waals surface area (Å²) in [5.41, 5.74) is 9.63. The van der Waals surface area contributed by atoms with Crippen molar-refractivity contribution in [3.8, 4) is 11.1 Å². The molecule has 0 atom stereocenters. The van der Waals surface area contributed by atoms with Crippen LogP contribution in [-0.4, -0.2) is 4.57 Å². The van der Waals surface area contributed by atoms with Crippen molar-refractivity contribution in [1.82, 2.24) is 4.57 Å². The molecule has 3 nitrogen and oxygen atoms in total. The van der Waals surface area contributed by atoms with Gasteiger partial charge in [0.05, 0.1) is 10.2 Å². The number of nitrogens with two attached hydrogens (primary N) is 1. The van der Waals surface area contributed by atoms with Gasteiger partial charge in [0, 0.05) is 12.7 Å². The zero-order valence-electron chi connectivity index (χ0n) is 9.88. The summed E-state index contributed by atoms with van der Waals surface area (Å²) < 4.78 is 2.69. The van der Waals surface area contributed by atoms with Crippen molar-refractivity contribution < 1.29 is 0 Å². The molecule has 0 bridgehead atoms. The van der Waals surface area contributed by atoms with Crippen molar-refractivity contribution >= 4 is 27.2 Å². The van der Waals surface area contributed by atoms with Gasteiger partial charge in [0.2, 0.25) is 0 Å². The average Bonchev–Trinajstić information content (AvgIpc) is 2.65. The highest BCUT2D eigenvalue weighted by Gasteiger charge is 2.06. The molecule has 2 aromatic carbocycles. The fraction of sp³-hybridized carbons (Fsp3) is 0.0714. The fourth-order valence-corrected chi connectivity index (χ4v) is 2.88. The van der Waals surface area contributed by atoms with E-state index in [9.17, 15) is 4.79 Å². The number of anilines is 1. The van der Waals surface area contributed by atoms with Crippen LogP contribution in [-0.2, 0) is 7.05 Å². The largest absolute Gasteiger partial charge is 0.399 e. The van der Waals surface area contributed by atoms with E-state index in [1.54, 1.807) is 11.6 Å². The van der Waals surface area contributed by atoms with E-state index in [2.05, 4.69) is 0 Å². The third-order valence-electron chi connectivity index (χ3n) is 3.01. The highest BCUT2D eigenvalue weighted by atomic mass is 32.1. The molecule has 0 saturated carbocycles. The molecule has 0 saturated heterocycles. The van der Waals surface area contributed by atoms with E-state index < -0.39 is 0 Å². The summed E-state index contributed by atoms with van der Waals surface area (Å²) in [6, 6.07) is 13.8. The van der Waals surface area contributed by atoms with E-state index in [4.69, 9.17) is 5.73 Å². The molecular weight excluding hydrogens is 244 g/mol. The standard InChI is InChI=1S/C14H12N2OS/c1-16-12-8-10(5-6-13(12)18-14(16)17)9-3-2-4-11(15)7-9/h2-8H,15H2,1H3. The monoisotopic (exact) mass is 256 g/mol. The Bertz CT molecular complexity index is 786. The first-order chi connectivity index (χ1) is 8.65. The molecule has 18 heavy (non-hydrogen) atoms. The molecule has 0 spiro atoms. The van der Waals surface area contributed by atoms with E-state index in [1.165, 1.54) is 11.3 Å². The summed E-state index contributed by atoms with van der Waals surface area (Å²) in [6.45, 7) is 0. The second-order valence-corrected chi connectivity index (χ2v) is 5.23. The predicted octanol–water partition coefficient (Wildman–Crippen LogP) is 2.85. The minimum Gasteiger partial charge on any atom is -0.399 e. The first-order valence-electron chi connectivity index (χ1n) is 5.60. The summed E-state index contributed by atoms with van der Waals surface area (Å²) in [7, 11) is 1.80. The Balaban J connectivity index is 2.25. The first-order valence-corrected chi connectivity index (χ1v) is 6.42. The molecule has 4 heteroatoms. The average molecular weight is 256 g/mol. The summed E-state index contributed by atoms with van der Waals surface area (Å²) in [5, 5.41) is 0. The molecule has 0 unspecified atom stereocenters. The van der Waals surface area contributed by atoms with E-state index in [0.29, 0.717) is 0 Å². The van der Waals surface area contributed by atoms with Gasteiger partial charge in [0.25, 0.3) is 0 Å². The lowest BCUT2D eigenvalue weighted by Crippen LogP contribution is -2.06. The number of hydrogen-bond donors (Lipinski definition) is 1. The van der Waals surface area contributed by atoms with Crippen LogP contribution in [0.1, 0.15) is 0 Å². The number of fused-ring (bicyclic) bond motifs is 1. The van der Waals surface area contributed by atoms with Crippen LogP contribution >= 0.6 is 11.3 Å². The van der Waals surface area contributed by atoms with Crippen LogP contribution in [0.3, 0.4) is 0 Å². The first kappa shape index (κ1) is 11.0. The van der Waals surface area contributed by atoms with Gasteiger partial charge in [-0.25, -0.2) is 0 Å². The molecule has 3 aromatic rings. The van der Waals surface area contributed by atoms with Gasteiger partial charge in [-0.3, -0.25) is 4.79 Å². The Hall–Kier alpha value is -2.07. The minimum atomic E-state index is 0.0646. The number of rotatable bonds is 1. The van der Waals surface area contributed by atoms with Crippen LogP contribution in [0.15, 0.2) is 47.3 Å². The van der Waals surface area contributed by atoms with Gasteiger partial charge in [-0.1, -0.05) is 29.5 Å². The van der Waals surface area contributed by atoms with E-state index in [-0.39, 0.29) is 4.87 Å². The second kappa shape index (κ2) is 3.99. The van der Waals surface area contributed by atoms with Crippen molar-refractivity contribution in [2.45, 2.75) is 0 Å². The topological polar surface area (TPSA) is 48.0 Å². The molecule has 1 heterocycles. The molecule has 90 valence electrons. The predicted molar refractivity (Wildman–Crippen MR) is 76.9 cm³/mol. The van der Waals surface area contributed by atoms with Crippen molar-refractivity contribution in [2.24, 2.45) is 7.05 Å². The molecule has 1 aromatic heterocycles. The maximum atomic E-state index is 11.6. The summed E-state index contributed by atoms with van der Waals surface area (Å²) >= 11 is 1.27. The van der Waals surface area contributed by atoms with Gasteiger partial charge >= 0.3 is 4.87 Å². The van der Waals surface area contributed by atoms with E-state index in [0.717, 1.165) is 27.0 Å². The van der Waals surface area contributed by atoms with Crippen molar-refractivity contribution in [2.75, 3.05) is 5.73 Å². The van der Waals surface area contributed by atoms with E-state index in [1.807, 2.05) is 42.5 Å². The third kappa shape index (κ3) is 1.71. The minimum absolute atomic E-state index is 0.0646. The number of aryl methyl sites for hydroxylation is 1. The summed E-state index contributed by atoms with van der Waals surface area (Å²) in [5.74, 6) is 0. The molecule has 0 amide bonds. The van der Waals surface area contributed by atoms with Crippen molar-refractivity contribution in [3.05, 3.63) is 52.1 Å². The molecule has 0 radical (unpaired) electrons. The maximum Gasteiger partial charge on any atom is 0.307 e. The summed E-state index contributed by atoms with van der Waals surface area (Å²) in [4.78, 5) is 11.7. The smallest absolute Gasteiger partial charge is 0.307 e. The lowest BCUT2D eigenvalue weighted by molar-refractivity contribution is 0.939.